The van der Waals surface area contributed by atoms with E-state index in [0.717, 1.165) is 6.42 Å². The minimum atomic E-state index is -0.254. The summed E-state index contributed by atoms with van der Waals surface area (Å²) in [6.45, 7) is 6.01. The van der Waals surface area contributed by atoms with E-state index >= 15 is 0 Å². The van der Waals surface area contributed by atoms with Crippen LogP contribution in [0.2, 0.25) is 0 Å². The fourth-order valence-corrected chi connectivity index (χ4v) is 2.97. The van der Waals surface area contributed by atoms with Gasteiger partial charge in [0, 0.05) is 6.20 Å². The standard InChI is InChI=1S/C21H37NO2/c1-4-5-6-7-8-9-10-11-12-13-14-15-19-16-20(22-17-19)21(23)24-18(2)3/h16-18,22H,4-15H2,1-3H3. The second kappa shape index (κ2) is 13.1. The number of esters is 1. The second-order valence-corrected chi connectivity index (χ2v) is 7.16. The van der Waals surface area contributed by atoms with Gasteiger partial charge in [-0.1, -0.05) is 71.1 Å². The molecule has 1 rings (SSSR count). The summed E-state index contributed by atoms with van der Waals surface area (Å²) in [5.41, 5.74) is 1.78. The highest BCUT2D eigenvalue weighted by atomic mass is 16.5. The molecule has 3 heteroatoms. The molecule has 3 nitrogen and oxygen atoms in total. The smallest absolute Gasteiger partial charge is 0.354 e. The summed E-state index contributed by atoms with van der Waals surface area (Å²) in [4.78, 5) is 14.8. The Morgan fingerprint density at radius 3 is 2.04 bits per heavy atom. The summed E-state index contributed by atoms with van der Waals surface area (Å²) in [5.74, 6) is -0.254. The first-order valence-corrected chi connectivity index (χ1v) is 10.0. The van der Waals surface area contributed by atoms with E-state index in [4.69, 9.17) is 4.74 Å². The van der Waals surface area contributed by atoms with Crippen LogP contribution >= 0.6 is 0 Å². The lowest BCUT2D eigenvalue weighted by Gasteiger charge is -2.05. The van der Waals surface area contributed by atoms with Crippen LogP contribution in [0.25, 0.3) is 0 Å². The Labute approximate surface area is 148 Å². The summed E-state index contributed by atoms with van der Waals surface area (Å²) in [6, 6.07) is 1.93. The molecule has 0 fully saturated rings. The molecular formula is C21H37NO2. The van der Waals surface area contributed by atoms with Gasteiger partial charge in [-0.2, -0.15) is 0 Å². The molecule has 1 N–H and O–H groups in total. The fourth-order valence-electron chi connectivity index (χ4n) is 2.97. The van der Waals surface area contributed by atoms with Gasteiger partial charge >= 0.3 is 5.97 Å². The van der Waals surface area contributed by atoms with Crippen molar-refractivity contribution in [2.24, 2.45) is 0 Å². The summed E-state index contributed by atoms with van der Waals surface area (Å²) >= 11 is 0. The summed E-state index contributed by atoms with van der Waals surface area (Å²) < 4.78 is 5.19. The summed E-state index contributed by atoms with van der Waals surface area (Å²) in [6.07, 6.45) is 17.9. The Morgan fingerprint density at radius 2 is 1.50 bits per heavy atom. The van der Waals surface area contributed by atoms with Crippen molar-refractivity contribution in [3.63, 3.8) is 0 Å². The van der Waals surface area contributed by atoms with E-state index < -0.39 is 0 Å². The van der Waals surface area contributed by atoms with Crippen LogP contribution in [-0.4, -0.2) is 17.1 Å². The van der Waals surface area contributed by atoms with Crippen molar-refractivity contribution in [1.29, 1.82) is 0 Å². The third-order valence-corrected chi connectivity index (χ3v) is 4.37. The van der Waals surface area contributed by atoms with Crippen LogP contribution < -0.4 is 0 Å². The van der Waals surface area contributed by atoms with Crippen molar-refractivity contribution >= 4 is 5.97 Å². The SMILES string of the molecule is CCCCCCCCCCCCCc1c[nH]c(C(=O)OC(C)C)c1. The van der Waals surface area contributed by atoms with Crippen LogP contribution in [0.3, 0.4) is 0 Å². The van der Waals surface area contributed by atoms with Crippen molar-refractivity contribution in [3.05, 3.63) is 23.5 Å². The van der Waals surface area contributed by atoms with Gasteiger partial charge < -0.3 is 9.72 Å². The molecule has 0 aliphatic heterocycles. The Kier molecular flexibility index (Phi) is 11.3. The molecule has 1 aromatic heterocycles. The molecule has 0 atom stereocenters. The molecule has 0 aromatic carbocycles. The molecule has 0 spiro atoms. The Bertz CT molecular complexity index is 437. The lowest BCUT2D eigenvalue weighted by atomic mass is 10.0. The molecule has 24 heavy (non-hydrogen) atoms. The first-order chi connectivity index (χ1) is 11.6. The molecule has 0 radical (unpaired) electrons. The quantitative estimate of drug-likeness (QED) is 0.314. The van der Waals surface area contributed by atoms with Crippen LogP contribution in [0.4, 0.5) is 0 Å². The van der Waals surface area contributed by atoms with Crippen LogP contribution in [0.1, 0.15) is 107 Å². The van der Waals surface area contributed by atoms with Crippen LogP contribution in [-0.2, 0) is 11.2 Å². The van der Waals surface area contributed by atoms with Gasteiger partial charge in [0.2, 0.25) is 0 Å². The van der Waals surface area contributed by atoms with E-state index in [9.17, 15) is 4.79 Å². The summed E-state index contributed by atoms with van der Waals surface area (Å²) in [7, 11) is 0. The van der Waals surface area contributed by atoms with Crippen LogP contribution in [0, 0.1) is 0 Å². The maximum absolute atomic E-state index is 11.8. The molecule has 1 heterocycles. The van der Waals surface area contributed by atoms with Gasteiger partial charge in [0.1, 0.15) is 5.69 Å². The monoisotopic (exact) mass is 335 g/mol. The van der Waals surface area contributed by atoms with Crippen LogP contribution in [0.15, 0.2) is 12.3 Å². The van der Waals surface area contributed by atoms with Crippen LogP contribution in [0.5, 0.6) is 0 Å². The zero-order chi connectivity index (χ0) is 17.6. The Balaban J connectivity index is 2.00. The summed E-state index contributed by atoms with van der Waals surface area (Å²) in [5, 5.41) is 0. The third-order valence-electron chi connectivity index (χ3n) is 4.37. The molecule has 0 aliphatic rings. The Morgan fingerprint density at radius 1 is 0.958 bits per heavy atom. The van der Waals surface area contributed by atoms with Gasteiger partial charge in [0.05, 0.1) is 6.10 Å². The van der Waals surface area contributed by atoms with Crippen molar-refractivity contribution < 1.29 is 9.53 Å². The molecule has 0 bridgehead atoms. The number of hydrogen-bond acceptors (Lipinski definition) is 2. The molecule has 1 aromatic rings. The van der Waals surface area contributed by atoms with Gasteiger partial charge in [-0.15, -0.1) is 0 Å². The highest BCUT2D eigenvalue weighted by Gasteiger charge is 2.11. The van der Waals surface area contributed by atoms with E-state index in [1.54, 1.807) is 0 Å². The number of nitrogens with one attached hydrogen (secondary N) is 1. The number of rotatable bonds is 14. The molecule has 138 valence electrons. The second-order valence-electron chi connectivity index (χ2n) is 7.16. The van der Waals surface area contributed by atoms with Gasteiger partial charge in [-0.05, 0) is 38.3 Å². The predicted molar refractivity (Wildman–Crippen MR) is 102 cm³/mol. The first kappa shape index (κ1) is 20.8. The van der Waals surface area contributed by atoms with E-state index in [1.807, 2.05) is 26.1 Å². The number of aromatic amines is 1. The number of unbranched alkanes of at least 4 members (excludes halogenated alkanes) is 10. The molecule has 0 saturated heterocycles. The average molecular weight is 336 g/mol. The number of carbonyl (C=O) groups excluding carboxylic acids is 1. The van der Waals surface area contributed by atoms with Gasteiger partial charge in [0.25, 0.3) is 0 Å². The number of carbonyl (C=O) groups is 1. The maximum Gasteiger partial charge on any atom is 0.354 e. The van der Waals surface area contributed by atoms with E-state index in [0.29, 0.717) is 5.69 Å². The molecule has 0 saturated carbocycles. The average Bonchev–Trinajstić information content (AvgIpc) is 3.01. The number of ether oxygens (including phenoxy) is 1. The first-order valence-electron chi connectivity index (χ1n) is 10.0. The minimum Gasteiger partial charge on any atom is -0.458 e. The van der Waals surface area contributed by atoms with Crippen molar-refractivity contribution in [3.8, 4) is 0 Å². The number of H-pyrrole nitrogens is 1. The molecule has 0 aliphatic carbocycles. The zero-order valence-electron chi connectivity index (χ0n) is 16.0. The number of aromatic nitrogens is 1. The molecule has 0 unspecified atom stereocenters. The van der Waals surface area contributed by atoms with E-state index in [2.05, 4.69) is 11.9 Å². The topological polar surface area (TPSA) is 42.1 Å². The fraction of sp³-hybridized carbons (Fsp3) is 0.762. The maximum atomic E-state index is 11.8. The predicted octanol–water partition coefficient (Wildman–Crippen LogP) is 6.43. The molecular weight excluding hydrogens is 298 g/mol. The highest BCUT2D eigenvalue weighted by molar-refractivity contribution is 5.87. The van der Waals surface area contributed by atoms with E-state index in [-0.39, 0.29) is 12.1 Å². The number of aryl methyl sites for hydroxylation is 1. The highest BCUT2D eigenvalue weighted by Crippen LogP contribution is 2.14. The van der Waals surface area contributed by atoms with Gasteiger partial charge in [-0.25, -0.2) is 4.79 Å². The zero-order valence-corrected chi connectivity index (χ0v) is 16.0. The lowest BCUT2D eigenvalue weighted by Crippen LogP contribution is -2.11. The number of hydrogen-bond donors (Lipinski definition) is 1. The molecule has 0 amide bonds. The minimum absolute atomic E-state index is 0.0732. The largest absolute Gasteiger partial charge is 0.458 e. The Hall–Kier alpha value is -1.25. The van der Waals surface area contributed by atoms with E-state index in [1.165, 1.54) is 76.2 Å². The van der Waals surface area contributed by atoms with Crippen molar-refractivity contribution in [2.75, 3.05) is 0 Å². The normalized spacial score (nSPS) is 11.2. The van der Waals surface area contributed by atoms with Crippen molar-refractivity contribution in [1.82, 2.24) is 4.98 Å². The van der Waals surface area contributed by atoms with Gasteiger partial charge in [0.15, 0.2) is 0 Å². The lowest BCUT2D eigenvalue weighted by molar-refractivity contribution is 0.0371. The van der Waals surface area contributed by atoms with Crippen molar-refractivity contribution in [2.45, 2.75) is 104 Å². The van der Waals surface area contributed by atoms with Gasteiger partial charge in [-0.3, -0.25) is 0 Å². The third kappa shape index (κ3) is 9.79.